The average molecular weight is 751 g/mol. The Morgan fingerprint density at radius 3 is 1.84 bits per heavy atom. The van der Waals surface area contributed by atoms with Gasteiger partial charge in [0.15, 0.2) is 25.0 Å². The summed E-state index contributed by atoms with van der Waals surface area (Å²) in [4.78, 5) is 13.7. The number of ether oxygens (including phenoxy) is 1. The van der Waals surface area contributed by atoms with Gasteiger partial charge in [0.25, 0.3) is 0 Å². The van der Waals surface area contributed by atoms with Crippen LogP contribution in [0.15, 0.2) is 30.3 Å². The smallest absolute Gasteiger partial charge is 0.192 e. The molecule has 0 saturated heterocycles. The Bertz CT molecular complexity index is 1050. The number of carbonyl (C=O) groups is 1. The molecule has 0 fully saturated rings. The van der Waals surface area contributed by atoms with Crippen LogP contribution < -0.4 is 0 Å². The molecule has 1 aromatic rings. The number of benzene rings is 1. The second-order valence-electron chi connectivity index (χ2n) is 18.2. The molecule has 8 heteroatoms. The molecular formula is C42H82O5Si3. The summed E-state index contributed by atoms with van der Waals surface area (Å²) < 4.78 is 27.5. The van der Waals surface area contributed by atoms with Gasteiger partial charge in [-0.25, -0.2) is 0 Å². The Morgan fingerprint density at radius 1 is 0.740 bits per heavy atom. The Morgan fingerprint density at radius 2 is 1.32 bits per heavy atom. The Balaban J connectivity index is 3.15. The van der Waals surface area contributed by atoms with E-state index in [0.717, 1.165) is 50.2 Å². The molecule has 0 aliphatic rings. The van der Waals surface area contributed by atoms with Crippen molar-refractivity contribution in [1.29, 1.82) is 0 Å². The summed E-state index contributed by atoms with van der Waals surface area (Å²) >= 11 is 0. The summed E-state index contributed by atoms with van der Waals surface area (Å²) in [6.07, 6.45) is 8.05. The Hall–Kier alpha value is -0.619. The van der Waals surface area contributed by atoms with Crippen molar-refractivity contribution in [1.82, 2.24) is 0 Å². The summed E-state index contributed by atoms with van der Waals surface area (Å²) in [5, 5.41) is 0.263. The predicted molar refractivity (Wildman–Crippen MR) is 224 cm³/mol. The molecule has 0 radical (unpaired) electrons. The molecule has 0 aliphatic carbocycles. The minimum Gasteiger partial charge on any atom is -0.417 e. The van der Waals surface area contributed by atoms with E-state index in [-0.39, 0.29) is 28.4 Å². The fraction of sp³-hybridized carbons (Fsp3) is 0.833. The molecule has 0 aliphatic heterocycles. The van der Waals surface area contributed by atoms with Crippen molar-refractivity contribution in [2.75, 3.05) is 6.61 Å². The maximum absolute atomic E-state index is 13.7. The van der Waals surface area contributed by atoms with Crippen molar-refractivity contribution >= 4 is 30.7 Å². The zero-order valence-electron chi connectivity index (χ0n) is 35.6. The molecule has 4 atom stereocenters. The largest absolute Gasteiger partial charge is 0.417 e. The van der Waals surface area contributed by atoms with Crippen LogP contribution in [0.4, 0.5) is 0 Å². The summed E-state index contributed by atoms with van der Waals surface area (Å²) in [6.45, 7) is 35.8. The molecule has 0 unspecified atom stereocenters. The third-order valence-electron chi connectivity index (χ3n) is 12.2. The molecule has 0 heterocycles. The molecule has 0 amide bonds. The number of Topliss-reactive ketones (excluding diaryl/α,β-unsaturated/α-hetero) is 1. The summed E-state index contributed by atoms with van der Waals surface area (Å²) in [6, 6.07) is 13.8. The summed E-state index contributed by atoms with van der Waals surface area (Å²) in [5.41, 5.74) is 1.18. The zero-order valence-corrected chi connectivity index (χ0v) is 38.6. The van der Waals surface area contributed by atoms with Crippen LogP contribution in [0.25, 0.3) is 0 Å². The van der Waals surface area contributed by atoms with Gasteiger partial charge in [0.2, 0.25) is 0 Å². The lowest BCUT2D eigenvalue weighted by atomic mass is 9.93. The van der Waals surface area contributed by atoms with Crippen LogP contribution in [-0.4, -0.2) is 55.7 Å². The third-order valence-corrected chi connectivity index (χ3v) is 26.0. The first-order chi connectivity index (χ1) is 23.2. The summed E-state index contributed by atoms with van der Waals surface area (Å²) in [7, 11) is -5.75. The van der Waals surface area contributed by atoms with Crippen LogP contribution in [0.3, 0.4) is 0 Å². The number of carbonyl (C=O) groups excluding carboxylic acids is 1. The number of rotatable bonds is 26. The van der Waals surface area contributed by atoms with Gasteiger partial charge in [0.05, 0.1) is 18.8 Å². The van der Waals surface area contributed by atoms with E-state index in [2.05, 4.69) is 127 Å². The van der Waals surface area contributed by atoms with Gasteiger partial charge in [-0.2, -0.15) is 0 Å². The van der Waals surface area contributed by atoms with E-state index in [9.17, 15) is 4.79 Å². The molecule has 50 heavy (non-hydrogen) atoms. The fourth-order valence-corrected chi connectivity index (χ4v) is 11.5. The number of ketones is 1. The van der Waals surface area contributed by atoms with Gasteiger partial charge in [-0.3, -0.25) is 4.79 Å². The van der Waals surface area contributed by atoms with Crippen molar-refractivity contribution < 1.29 is 22.8 Å². The minimum atomic E-state index is -2.06. The van der Waals surface area contributed by atoms with Crippen molar-refractivity contribution in [3.05, 3.63) is 35.9 Å². The van der Waals surface area contributed by atoms with E-state index in [1.807, 2.05) is 6.07 Å². The van der Waals surface area contributed by atoms with Crippen LogP contribution in [0, 0.1) is 5.92 Å². The second kappa shape index (κ2) is 21.9. The molecule has 0 spiro atoms. The SMILES string of the molecule is CCCC[C@H](C)[C@H](CC(=O)CCC[C@@H](C[C@H](CCO[Si](C)(C)C(C)(C)C)OCc1ccccc1)O[Si](C)(C)C(C)(C)C)O[Si](CC)(CC)CC. The van der Waals surface area contributed by atoms with Crippen LogP contribution >= 0.6 is 0 Å². The first kappa shape index (κ1) is 47.4. The molecule has 1 aromatic carbocycles. The van der Waals surface area contributed by atoms with E-state index in [4.69, 9.17) is 18.0 Å². The lowest BCUT2D eigenvalue weighted by Crippen LogP contribution is -2.45. The first-order valence-corrected chi connectivity index (χ1v) is 28.7. The van der Waals surface area contributed by atoms with Crippen LogP contribution in [0.5, 0.6) is 0 Å². The topological polar surface area (TPSA) is 54.0 Å². The average Bonchev–Trinajstić information content (AvgIpc) is 3.03. The van der Waals surface area contributed by atoms with Crippen molar-refractivity contribution in [2.24, 2.45) is 5.92 Å². The standard InChI is InChI=1S/C42H82O5Si3/c1-16-20-25-35(5)40(47-50(17-2,18-3)19-4)32-37(43)28-24-29-39(46-49(14,15)42(9,10)11)33-38(44-34-36-26-22-21-23-27-36)30-31-45-48(12,13)41(6,7)8/h21-23,26-27,35,38-40H,16-20,24-25,28-34H2,1-15H3/t35-,38-,39-,40-/m0/s1. The second-order valence-corrected chi connectivity index (χ2v) is 32.5. The van der Waals surface area contributed by atoms with Crippen LogP contribution in [0.2, 0.25) is 54.4 Å². The van der Waals surface area contributed by atoms with Gasteiger partial charge in [-0.05, 0) is 98.0 Å². The van der Waals surface area contributed by atoms with Crippen molar-refractivity contribution in [2.45, 2.75) is 213 Å². The highest BCUT2D eigenvalue weighted by atomic mass is 28.4. The molecule has 0 N–H and O–H groups in total. The monoisotopic (exact) mass is 751 g/mol. The molecule has 292 valence electrons. The highest BCUT2D eigenvalue weighted by Gasteiger charge is 2.40. The van der Waals surface area contributed by atoms with Gasteiger partial charge in [0, 0.05) is 25.6 Å². The number of hydrogen-bond acceptors (Lipinski definition) is 5. The molecule has 0 saturated carbocycles. The highest BCUT2D eigenvalue weighted by Crippen LogP contribution is 2.39. The molecule has 1 rings (SSSR count). The molecule has 0 bridgehead atoms. The van der Waals surface area contributed by atoms with Gasteiger partial charge in [-0.15, -0.1) is 0 Å². The summed E-state index contributed by atoms with van der Waals surface area (Å²) in [5.74, 6) is 0.747. The van der Waals surface area contributed by atoms with E-state index in [1.54, 1.807) is 0 Å². The third kappa shape index (κ3) is 16.6. The molecule has 5 nitrogen and oxygen atoms in total. The maximum atomic E-state index is 13.7. The first-order valence-electron chi connectivity index (χ1n) is 20.3. The van der Waals surface area contributed by atoms with Crippen molar-refractivity contribution in [3.63, 3.8) is 0 Å². The van der Waals surface area contributed by atoms with Gasteiger partial charge >= 0.3 is 0 Å². The lowest BCUT2D eigenvalue weighted by molar-refractivity contribution is -0.121. The number of hydrogen-bond donors (Lipinski definition) is 0. The van der Waals surface area contributed by atoms with E-state index < -0.39 is 25.0 Å². The zero-order chi connectivity index (χ0) is 38.2. The Kier molecular flexibility index (Phi) is 20.8. The van der Waals surface area contributed by atoms with E-state index in [0.29, 0.717) is 37.8 Å². The Labute approximate surface area is 314 Å². The normalized spacial score (nSPS) is 15.9. The van der Waals surface area contributed by atoms with Gasteiger partial charge < -0.3 is 18.0 Å². The predicted octanol–water partition coefficient (Wildman–Crippen LogP) is 13.1. The molecule has 0 aromatic heterocycles. The van der Waals surface area contributed by atoms with Crippen LogP contribution in [-0.2, 0) is 29.4 Å². The van der Waals surface area contributed by atoms with Gasteiger partial charge in [0.1, 0.15) is 5.78 Å². The lowest BCUT2D eigenvalue weighted by Gasteiger charge is -2.40. The fourth-order valence-electron chi connectivity index (χ4n) is 6.08. The van der Waals surface area contributed by atoms with E-state index >= 15 is 0 Å². The molecular weight excluding hydrogens is 669 g/mol. The van der Waals surface area contributed by atoms with Crippen LogP contribution in [0.1, 0.15) is 140 Å². The van der Waals surface area contributed by atoms with E-state index in [1.165, 1.54) is 18.4 Å². The minimum absolute atomic E-state index is 0.0119. The number of unbranched alkanes of at least 4 members (excludes halogenated alkanes) is 1. The van der Waals surface area contributed by atoms with Gasteiger partial charge in [-0.1, -0.05) is 119 Å². The maximum Gasteiger partial charge on any atom is 0.192 e. The quantitative estimate of drug-likeness (QED) is 0.0883. The van der Waals surface area contributed by atoms with Crippen molar-refractivity contribution in [3.8, 4) is 0 Å². The highest BCUT2D eigenvalue weighted by molar-refractivity contribution is 6.74.